The molecule has 0 bridgehead atoms. The smallest absolute Gasteiger partial charge is 0.229 e. The maximum atomic E-state index is 5.81. The Kier molecular flexibility index (Phi) is 2.59. The van der Waals surface area contributed by atoms with Gasteiger partial charge in [0.1, 0.15) is 0 Å². The molecule has 0 spiro atoms. The van der Waals surface area contributed by atoms with Crippen molar-refractivity contribution in [1.82, 2.24) is 5.16 Å². The molecule has 3 heteroatoms. The molecule has 17 heavy (non-hydrogen) atoms. The number of rotatable bonds is 2. The number of nitrogen functional groups attached to an aromatic ring is 1. The van der Waals surface area contributed by atoms with Crippen LogP contribution < -0.4 is 5.73 Å². The Bertz CT molecular complexity index is 512. The first-order valence-electron chi connectivity index (χ1n) is 6.15. The molecule has 1 heterocycles. The van der Waals surface area contributed by atoms with Crippen LogP contribution in [0.1, 0.15) is 37.2 Å². The summed E-state index contributed by atoms with van der Waals surface area (Å²) in [5, 5.41) is 3.77. The van der Waals surface area contributed by atoms with Crippen molar-refractivity contribution in [3.05, 3.63) is 36.0 Å². The minimum atomic E-state index is 0.412. The van der Waals surface area contributed by atoms with Gasteiger partial charge in [0.2, 0.25) is 5.88 Å². The van der Waals surface area contributed by atoms with Gasteiger partial charge in [-0.2, -0.15) is 0 Å². The van der Waals surface area contributed by atoms with Crippen molar-refractivity contribution in [3.63, 3.8) is 0 Å². The number of benzene rings is 1. The van der Waals surface area contributed by atoms with Crippen LogP contribution in [0.15, 0.2) is 35.0 Å². The fraction of sp³-hybridized carbons (Fsp3) is 0.357. The lowest BCUT2D eigenvalue weighted by atomic mass is 9.90. The zero-order valence-electron chi connectivity index (χ0n) is 9.73. The van der Waals surface area contributed by atoms with Crippen LogP contribution in [0.2, 0.25) is 0 Å². The average molecular weight is 228 g/mol. The van der Waals surface area contributed by atoms with E-state index in [0.717, 1.165) is 5.56 Å². The first kappa shape index (κ1) is 10.4. The molecule has 0 amide bonds. The van der Waals surface area contributed by atoms with Crippen LogP contribution in [0, 0.1) is 0 Å². The molecule has 1 aliphatic carbocycles. The predicted octanol–water partition coefficient (Wildman–Crippen LogP) is 3.58. The lowest BCUT2D eigenvalue weighted by molar-refractivity contribution is 0.436. The molecule has 1 fully saturated rings. The first-order valence-corrected chi connectivity index (χ1v) is 6.15. The summed E-state index contributed by atoms with van der Waals surface area (Å²) in [7, 11) is 0. The van der Waals surface area contributed by atoms with Gasteiger partial charge in [-0.3, -0.25) is 0 Å². The second-order valence-corrected chi connectivity index (χ2v) is 4.67. The number of aromatic nitrogens is 1. The number of nitrogens with two attached hydrogens (primary N) is 1. The van der Waals surface area contributed by atoms with Crippen molar-refractivity contribution in [2.24, 2.45) is 0 Å². The lowest BCUT2D eigenvalue weighted by Crippen LogP contribution is -1.96. The van der Waals surface area contributed by atoms with Gasteiger partial charge in [0.25, 0.3) is 0 Å². The maximum Gasteiger partial charge on any atom is 0.229 e. The molecule has 1 aromatic heterocycles. The first-order chi connectivity index (χ1) is 8.36. The van der Waals surface area contributed by atoms with Crippen molar-refractivity contribution < 1.29 is 4.52 Å². The number of nitrogens with zero attached hydrogens (tertiary/aromatic N) is 1. The van der Waals surface area contributed by atoms with Gasteiger partial charge in [0.15, 0.2) is 0 Å². The molecule has 3 rings (SSSR count). The number of anilines is 1. The molecule has 2 N–H and O–H groups in total. The maximum absolute atomic E-state index is 5.81. The van der Waals surface area contributed by atoms with Crippen LogP contribution >= 0.6 is 0 Å². The monoisotopic (exact) mass is 228 g/mol. The van der Waals surface area contributed by atoms with Crippen LogP contribution in [0.5, 0.6) is 0 Å². The van der Waals surface area contributed by atoms with Crippen LogP contribution in [0.4, 0.5) is 5.88 Å². The van der Waals surface area contributed by atoms with E-state index in [9.17, 15) is 0 Å². The third kappa shape index (κ3) is 1.82. The number of hydrogen-bond acceptors (Lipinski definition) is 3. The summed E-state index contributed by atoms with van der Waals surface area (Å²) in [5.74, 6) is 1.08. The molecule has 0 atom stereocenters. The molecule has 1 saturated carbocycles. The Labute approximate surface area is 101 Å². The van der Waals surface area contributed by atoms with E-state index in [1.807, 2.05) is 6.07 Å². The Hall–Kier alpha value is -1.77. The predicted molar refractivity (Wildman–Crippen MR) is 67.6 cm³/mol. The van der Waals surface area contributed by atoms with E-state index < -0.39 is 0 Å². The SMILES string of the molecule is Nc1oncc1-c1ccccc1C1CCCC1. The van der Waals surface area contributed by atoms with E-state index >= 15 is 0 Å². The molecule has 3 nitrogen and oxygen atoms in total. The van der Waals surface area contributed by atoms with Gasteiger partial charge in [-0.15, -0.1) is 0 Å². The minimum Gasteiger partial charge on any atom is -0.367 e. The van der Waals surface area contributed by atoms with Crippen LogP contribution in [-0.4, -0.2) is 5.16 Å². The number of hydrogen-bond donors (Lipinski definition) is 1. The Morgan fingerprint density at radius 1 is 1.12 bits per heavy atom. The molecule has 1 aliphatic rings. The molecule has 0 saturated heterocycles. The Balaban J connectivity index is 2.07. The highest BCUT2D eigenvalue weighted by molar-refractivity contribution is 5.75. The summed E-state index contributed by atoms with van der Waals surface area (Å²) in [5.41, 5.74) is 9.30. The van der Waals surface area contributed by atoms with Crippen molar-refractivity contribution in [2.75, 3.05) is 5.73 Å². The summed E-state index contributed by atoms with van der Waals surface area (Å²) < 4.78 is 4.96. The summed E-state index contributed by atoms with van der Waals surface area (Å²) in [6.07, 6.45) is 6.93. The van der Waals surface area contributed by atoms with Gasteiger partial charge >= 0.3 is 0 Å². The molecular formula is C14H16N2O. The fourth-order valence-electron chi connectivity index (χ4n) is 2.79. The second-order valence-electron chi connectivity index (χ2n) is 4.67. The van der Waals surface area contributed by atoms with Gasteiger partial charge in [0, 0.05) is 0 Å². The van der Waals surface area contributed by atoms with Crippen LogP contribution in [0.3, 0.4) is 0 Å². The molecule has 0 unspecified atom stereocenters. The van der Waals surface area contributed by atoms with E-state index in [1.54, 1.807) is 6.20 Å². The van der Waals surface area contributed by atoms with Gasteiger partial charge in [0.05, 0.1) is 11.8 Å². The average Bonchev–Trinajstić information content (AvgIpc) is 3.00. The molecule has 1 aromatic carbocycles. The zero-order valence-corrected chi connectivity index (χ0v) is 9.73. The van der Waals surface area contributed by atoms with Crippen molar-refractivity contribution in [1.29, 1.82) is 0 Å². The summed E-state index contributed by atoms with van der Waals surface area (Å²) in [6.45, 7) is 0. The normalized spacial score (nSPS) is 16.5. The second kappa shape index (κ2) is 4.24. The highest BCUT2D eigenvalue weighted by Gasteiger charge is 2.21. The highest BCUT2D eigenvalue weighted by atomic mass is 16.5. The largest absolute Gasteiger partial charge is 0.367 e. The third-order valence-corrected chi connectivity index (χ3v) is 3.64. The van der Waals surface area contributed by atoms with Gasteiger partial charge < -0.3 is 10.3 Å². The van der Waals surface area contributed by atoms with E-state index in [2.05, 4.69) is 23.4 Å². The van der Waals surface area contributed by atoms with E-state index in [0.29, 0.717) is 11.8 Å². The Morgan fingerprint density at radius 3 is 2.59 bits per heavy atom. The van der Waals surface area contributed by atoms with Crippen LogP contribution in [0.25, 0.3) is 11.1 Å². The van der Waals surface area contributed by atoms with Crippen molar-refractivity contribution in [3.8, 4) is 11.1 Å². The Morgan fingerprint density at radius 2 is 1.88 bits per heavy atom. The molecule has 88 valence electrons. The summed E-state index contributed by atoms with van der Waals surface area (Å²) >= 11 is 0. The topological polar surface area (TPSA) is 52.0 Å². The van der Waals surface area contributed by atoms with Gasteiger partial charge in [-0.25, -0.2) is 0 Å². The fourth-order valence-corrected chi connectivity index (χ4v) is 2.79. The third-order valence-electron chi connectivity index (χ3n) is 3.64. The summed E-state index contributed by atoms with van der Waals surface area (Å²) in [4.78, 5) is 0. The van der Waals surface area contributed by atoms with Gasteiger partial charge in [-0.1, -0.05) is 42.3 Å². The van der Waals surface area contributed by atoms with Crippen LogP contribution in [-0.2, 0) is 0 Å². The quantitative estimate of drug-likeness (QED) is 0.854. The van der Waals surface area contributed by atoms with E-state index in [4.69, 9.17) is 10.3 Å². The zero-order chi connectivity index (χ0) is 11.7. The molecule has 0 radical (unpaired) electrons. The molecule has 0 aliphatic heterocycles. The lowest BCUT2D eigenvalue weighted by Gasteiger charge is -2.14. The van der Waals surface area contributed by atoms with E-state index in [1.165, 1.54) is 36.8 Å². The van der Waals surface area contributed by atoms with E-state index in [-0.39, 0.29) is 0 Å². The standard InChI is InChI=1S/C14H16N2O/c15-14-13(9-16-17-14)12-8-4-3-7-11(12)10-5-1-2-6-10/h3-4,7-10H,1-2,5-6,15H2. The summed E-state index contributed by atoms with van der Waals surface area (Å²) in [6, 6.07) is 8.45. The highest BCUT2D eigenvalue weighted by Crippen LogP contribution is 2.40. The molecular weight excluding hydrogens is 212 g/mol. The van der Waals surface area contributed by atoms with Gasteiger partial charge in [-0.05, 0) is 29.9 Å². The van der Waals surface area contributed by atoms with Crippen molar-refractivity contribution >= 4 is 5.88 Å². The van der Waals surface area contributed by atoms with Crippen molar-refractivity contribution in [2.45, 2.75) is 31.6 Å². The minimum absolute atomic E-state index is 0.412. The molecule has 2 aromatic rings.